The maximum absolute atomic E-state index is 12.3. The van der Waals surface area contributed by atoms with Gasteiger partial charge < -0.3 is 9.26 Å². The third kappa shape index (κ3) is 2.72. The number of benzene rings is 1. The van der Waals surface area contributed by atoms with E-state index in [9.17, 15) is 18.0 Å². The third-order valence-corrected chi connectivity index (χ3v) is 2.29. The number of rotatable bonds is 3. The van der Waals surface area contributed by atoms with Gasteiger partial charge in [-0.15, -0.1) is 0 Å². The fourth-order valence-electron chi connectivity index (χ4n) is 1.46. The molecule has 5 nitrogen and oxygen atoms in total. The minimum absolute atomic E-state index is 0.178. The van der Waals surface area contributed by atoms with Crippen LogP contribution in [-0.4, -0.2) is 16.6 Å². The highest BCUT2D eigenvalue weighted by Gasteiger charge is 2.38. The van der Waals surface area contributed by atoms with Crippen molar-refractivity contribution < 1.29 is 27.2 Å². The Bertz CT molecular complexity index is 607. The highest BCUT2D eigenvalue weighted by atomic mass is 19.4. The minimum atomic E-state index is -4.68. The molecule has 0 atom stereocenters. The average molecular weight is 272 g/mol. The number of ether oxygens (including phenoxy) is 1. The van der Waals surface area contributed by atoms with E-state index in [1.54, 1.807) is 6.92 Å². The molecule has 8 heteroatoms. The molecule has 1 aromatic heterocycles. The van der Waals surface area contributed by atoms with Crippen molar-refractivity contribution in [2.75, 3.05) is 0 Å². The lowest BCUT2D eigenvalue weighted by molar-refractivity contribution is -0.159. The lowest BCUT2D eigenvalue weighted by Gasteiger charge is -2.03. The first-order chi connectivity index (χ1) is 8.91. The molecule has 2 rings (SSSR count). The Morgan fingerprint density at radius 3 is 2.63 bits per heavy atom. The third-order valence-electron chi connectivity index (χ3n) is 2.29. The fourth-order valence-corrected chi connectivity index (χ4v) is 1.46. The Morgan fingerprint density at radius 2 is 2.11 bits per heavy atom. The van der Waals surface area contributed by atoms with Crippen LogP contribution in [0.4, 0.5) is 13.2 Å². The summed E-state index contributed by atoms with van der Waals surface area (Å²) in [7, 11) is 0. The summed E-state index contributed by atoms with van der Waals surface area (Å²) in [5, 5.41) is 3.27. The molecule has 19 heavy (non-hydrogen) atoms. The van der Waals surface area contributed by atoms with E-state index < -0.39 is 12.1 Å². The van der Waals surface area contributed by atoms with Crippen LogP contribution in [0.5, 0.6) is 5.75 Å². The van der Waals surface area contributed by atoms with Crippen molar-refractivity contribution in [3.05, 3.63) is 29.7 Å². The van der Waals surface area contributed by atoms with Crippen LogP contribution < -0.4 is 4.74 Å². The van der Waals surface area contributed by atoms with Gasteiger partial charge in [-0.1, -0.05) is 5.16 Å². The zero-order valence-corrected chi connectivity index (χ0v) is 9.56. The summed E-state index contributed by atoms with van der Waals surface area (Å²) >= 11 is 0. The van der Waals surface area contributed by atoms with Gasteiger partial charge in [-0.2, -0.15) is 18.2 Å². The van der Waals surface area contributed by atoms with Gasteiger partial charge in [0.2, 0.25) is 5.82 Å². The fraction of sp³-hybridized carbons (Fsp3) is 0.182. The Balaban J connectivity index is 2.37. The van der Waals surface area contributed by atoms with Crippen molar-refractivity contribution in [2.24, 2.45) is 0 Å². The Kier molecular flexibility index (Phi) is 3.24. The molecule has 0 aliphatic heterocycles. The van der Waals surface area contributed by atoms with Crippen molar-refractivity contribution in [3.8, 4) is 17.1 Å². The molecule has 0 amide bonds. The van der Waals surface area contributed by atoms with Crippen LogP contribution in [0.2, 0.25) is 0 Å². The van der Waals surface area contributed by atoms with E-state index in [0.717, 1.165) is 0 Å². The van der Waals surface area contributed by atoms with Crippen molar-refractivity contribution >= 4 is 6.47 Å². The summed E-state index contributed by atoms with van der Waals surface area (Å²) in [5.74, 6) is -1.31. The monoisotopic (exact) mass is 272 g/mol. The number of aryl methyl sites for hydroxylation is 1. The zero-order valence-electron chi connectivity index (χ0n) is 9.56. The number of hydrogen-bond acceptors (Lipinski definition) is 5. The molecule has 1 heterocycles. The highest BCUT2D eigenvalue weighted by Crippen LogP contribution is 2.30. The van der Waals surface area contributed by atoms with E-state index in [4.69, 9.17) is 0 Å². The number of aromatic nitrogens is 2. The average Bonchev–Trinajstić information content (AvgIpc) is 2.78. The topological polar surface area (TPSA) is 65.2 Å². The molecule has 0 fully saturated rings. The van der Waals surface area contributed by atoms with E-state index in [-0.39, 0.29) is 18.0 Å². The molecule has 0 bridgehead atoms. The maximum atomic E-state index is 12.3. The molecular weight excluding hydrogens is 265 g/mol. The molecule has 0 saturated carbocycles. The number of carbonyl (C=O) groups is 1. The standard InChI is InChI=1S/C11H7F3N2O3/c1-6-4-7(18-5-17)2-3-8(6)9-15-10(19-16-9)11(12,13)14/h2-5H,1H3. The molecule has 0 unspecified atom stereocenters. The van der Waals surface area contributed by atoms with Crippen LogP contribution in [0.25, 0.3) is 11.4 Å². The number of carbonyl (C=O) groups excluding carboxylic acids is 1. The molecule has 100 valence electrons. The summed E-state index contributed by atoms with van der Waals surface area (Å²) < 4.78 is 45.7. The first-order valence-corrected chi connectivity index (χ1v) is 5.04. The van der Waals surface area contributed by atoms with Crippen LogP contribution >= 0.6 is 0 Å². The lowest BCUT2D eigenvalue weighted by atomic mass is 10.1. The highest BCUT2D eigenvalue weighted by molar-refractivity contribution is 5.62. The van der Waals surface area contributed by atoms with Crippen molar-refractivity contribution in [2.45, 2.75) is 13.1 Å². The summed E-state index contributed by atoms with van der Waals surface area (Å²) in [4.78, 5) is 13.4. The number of nitrogens with zero attached hydrogens (tertiary/aromatic N) is 2. The van der Waals surface area contributed by atoms with Gasteiger partial charge >= 0.3 is 12.1 Å². The van der Waals surface area contributed by atoms with Gasteiger partial charge in [-0.3, -0.25) is 4.79 Å². The summed E-state index contributed by atoms with van der Waals surface area (Å²) in [6, 6.07) is 4.34. The second-order valence-corrected chi connectivity index (χ2v) is 3.61. The lowest BCUT2D eigenvalue weighted by Crippen LogP contribution is -2.04. The van der Waals surface area contributed by atoms with Crippen molar-refractivity contribution in [1.29, 1.82) is 0 Å². The quantitative estimate of drug-likeness (QED) is 0.803. The van der Waals surface area contributed by atoms with Crippen LogP contribution in [0, 0.1) is 6.92 Å². The summed E-state index contributed by atoms with van der Waals surface area (Å²) in [6.07, 6.45) is -4.68. The Hall–Kier alpha value is -2.38. The number of alkyl halides is 3. The first-order valence-electron chi connectivity index (χ1n) is 5.04. The molecule has 0 spiro atoms. The number of halogens is 3. The van der Waals surface area contributed by atoms with Gasteiger partial charge in [0.05, 0.1) is 0 Å². The molecular formula is C11H7F3N2O3. The largest absolute Gasteiger partial charge is 0.471 e. The van der Waals surface area contributed by atoms with E-state index in [2.05, 4.69) is 19.4 Å². The molecule has 0 radical (unpaired) electrons. The normalized spacial score (nSPS) is 11.4. The van der Waals surface area contributed by atoms with Crippen LogP contribution in [0.1, 0.15) is 11.5 Å². The van der Waals surface area contributed by atoms with E-state index in [1.165, 1.54) is 18.2 Å². The summed E-state index contributed by atoms with van der Waals surface area (Å²) in [6.45, 7) is 1.88. The minimum Gasteiger partial charge on any atom is -0.429 e. The Labute approximate surface area is 105 Å². The van der Waals surface area contributed by atoms with Crippen LogP contribution in [-0.2, 0) is 11.0 Å². The zero-order chi connectivity index (χ0) is 14.0. The smallest absolute Gasteiger partial charge is 0.429 e. The predicted octanol–water partition coefficient (Wildman–Crippen LogP) is 2.60. The van der Waals surface area contributed by atoms with E-state index in [0.29, 0.717) is 11.1 Å². The molecule has 0 aliphatic carbocycles. The van der Waals surface area contributed by atoms with Crippen LogP contribution in [0.3, 0.4) is 0 Å². The number of hydrogen-bond donors (Lipinski definition) is 0. The maximum Gasteiger partial charge on any atom is 0.471 e. The van der Waals surface area contributed by atoms with Gasteiger partial charge in [0.15, 0.2) is 0 Å². The molecule has 2 aromatic rings. The van der Waals surface area contributed by atoms with Crippen molar-refractivity contribution in [3.63, 3.8) is 0 Å². The second-order valence-electron chi connectivity index (χ2n) is 3.61. The van der Waals surface area contributed by atoms with E-state index in [1.807, 2.05) is 0 Å². The van der Waals surface area contributed by atoms with Gasteiger partial charge in [-0.25, -0.2) is 0 Å². The van der Waals surface area contributed by atoms with E-state index >= 15 is 0 Å². The van der Waals surface area contributed by atoms with Gasteiger partial charge in [0.25, 0.3) is 6.47 Å². The predicted molar refractivity (Wildman–Crippen MR) is 56.2 cm³/mol. The SMILES string of the molecule is Cc1cc(OC=O)ccc1-c1noc(C(F)(F)F)n1. The van der Waals surface area contributed by atoms with Crippen LogP contribution in [0.15, 0.2) is 22.7 Å². The molecule has 0 saturated heterocycles. The first kappa shape index (κ1) is 13.1. The van der Waals surface area contributed by atoms with Crippen molar-refractivity contribution in [1.82, 2.24) is 10.1 Å². The summed E-state index contributed by atoms with van der Waals surface area (Å²) in [5.41, 5.74) is 0.909. The van der Waals surface area contributed by atoms with Gasteiger partial charge in [-0.05, 0) is 30.7 Å². The molecule has 0 N–H and O–H groups in total. The second kappa shape index (κ2) is 4.71. The van der Waals surface area contributed by atoms with Gasteiger partial charge in [0, 0.05) is 5.56 Å². The Morgan fingerprint density at radius 1 is 1.37 bits per heavy atom. The van der Waals surface area contributed by atoms with Gasteiger partial charge in [0.1, 0.15) is 5.75 Å². The molecule has 0 aliphatic rings. The molecule has 1 aromatic carbocycles.